The summed E-state index contributed by atoms with van der Waals surface area (Å²) in [5.74, 6) is 0.313. The van der Waals surface area contributed by atoms with Crippen LogP contribution in [0.4, 0.5) is 0 Å². The van der Waals surface area contributed by atoms with Crippen molar-refractivity contribution in [1.29, 1.82) is 0 Å². The Balaban J connectivity index is 1.58. The van der Waals surface area contributed by atoms with Crippen molar-refractivity contribution in [3.63, 3.8) is 0 Å². The molecule has 23 heavy (non-hydrogen) atoms. The number of nitrogens with one attached hydrogen (secondary N) is 1. The highest BCUT2D eigenvalue weighted by atomic mass is 16.3. The van der Waals surface area contributed by atoms with Crippen LogP contribution in [0.1, 0.15) is 48.5 Å². The molecule has 1 saturated heterocycles. The summed E-state index contributed by atoms with van der Waals surface area (Å²) in [6.07, 6.45) is 4.40. The van der Waals surface area contributed by atoms with Crippen LogP contribution in [0.25, 0.3) is 0 Å². The van der Waals surface area contributed by atoms with Gasteiger partial charge in [-0.1, -0.05) is 13.0 Å². The number of aryl methyl sites for hydroxylation is 1. The predicted molar refractivity (Wildman–Crippen MR) is 87.3 cm³/mol. The average molecular weight is 316 g/mol. The molecule has 0 spiro atoms. The Kier molecular flexibility index (Phi) is 4.55. The fourth-order valence-electron chi connectivity index (χ4n) is 3.04. The number of phenolic OH excluding ortho intramolecular Hbond substituents is 1. The first-order valence-corrected chi connectivity index (χ1v) is 8.50. The second-order valence-electron chi connectivity index (χ2n) is 6.55. The molecule has 5 nitrogen and oxygen atoms in total. The molecule has 1 saturated carbocycles. The van der Waals surface area contributed by atoms with E-state index >= 15 is 0 Å². The standard InChI is InChI=1S/C18H24N2O3/c1-2-12-3-6-16(21)15(11-12)18(23)20-9-7-14(8-10-20)19-17(22)13-4-5-13/h3,6,11,13-14,21H,2,4-5,7-10H2,1H3,(H,19,22). The van der Waals surface area contributed by atoms with Gasteiger partial charge in [-0.2, -0.15) is 0 Å². The summed E-state index contributed by atoms with van der Waals surface area (Å²) in [6, 6.07) is 5.38. The summed E-state index contributed by atoms with van der Waals surface area (Å²) in [4.78, 5) is 26.2. The lowest BCUT2D eigenvalue weighted by atomic mass is 10.0. The van der Waals surface area contributed by atoms with Crippen molar-refractivity contribution >= 4 is 11.8 Å². The van der Waals surface area contributed by atoms with Gasteiger partial charge in [-0.05, 0) is 49.8 Å². The van der Waals surface area contributed by atoms with E-state index in [1.165, 1.54) is 0 Å². The number of phenols is 1. The maximum absolute atomic E-state index is 12.6. The molecule has 2 fully saturated rings. The van der Waals surface area contributed by atoms with Crippen molar-refractivity contribution < 1.29 is 14.7 Å². The molecule has 0 bridgehead atoms. The van der Waals surface area contributed by atoms with Crippen LogP contribution >= 0.6 is 0 Å². The van der Waals surface area contributed by atoms with Crippen molar-refractivity contribution in [3.8, 4) is 5.75 Å². The second-order valence-corrected chi connectivity index (χ2v) is 6.55. The van der Waals surface area contributed by atoms with Gasteiger partial charge >= 0.3 is 0 Å². The van der Waals surface area contributed by atoms with Crippen LogP contribution in [-0.2, 0) is 11.2 Å². The van der Waals surface area contributed by atoms with Crippen LogP contribution in [0.5, 0.6) is 5.75 Å². The van der Waals surface area contributed by atoms with Gasteiger partial charge in [0.15, 0.2) is 0 Å². The van der Waals surface area contributed by atoms with E-state index in [4.69, 9.17) is 0 Å². The summed E-state index contributed by atoms with van der Waals surface area (Å²) in [7, 11) is 0. The molecule has 0 atom stereocenters. The fourth-order valence-corrected chi connectivity index (χ4v) is 3.04. The number of benzene rings is 1. The van der Waals surface area contributed by atoms with Gasteiger partial charge in [0.2, 0.25) is 5.91 Å². The first-order valence-electron chi connectivity index (χ1n) is 8.50. The van der Waals surface area contributed by atoms with Crippen LogP contribution in [-0.4, -0.2) is 41.0 Å². The van der Waals surface area contributed by atoms with Crippen LogP contribution in [0.2, 0.25) is 0 Å². The van der Waals surface area contributed by atoms with E-state index in [1.807, 2.05) is 13.0 Å². The molecule has 0 unspecified atom stereocenters. The van der Waals surface area contributed by atoms with E-state index in [1.54, 1.807) is 17.0 Å². The number of aromatic hydroxyl groups is 1. The molecule has 2 aliphatic rings. The maximum Gasteiger partial charge on any atom is 0.257 e. The minimum atomic E-state index is -0.121. The normalized spacial score (nSPS) is 18.7. The zero-order valence-electron chi connectivity index (χ0n) is 13.5. The molecule has 124 valence electrons. The minimum Gasteiger partial charge on any atom is -0.507 e. The number of piperidine rings is 1. The van der Waals surface area contributed by atoms with Gasteiger partial charge in [-0.25, -0.2) is 0 Å². The summed E-state index contributed by atoms with van der Waals surface area (Å²) >= 11 is 0. The van der Waals surface area contributed by atoms with Crippen molar-refractivity contribution in [2.45, 2.75) is 45.1 Å². The lowest BCUT2D eigenvalue weighted by Crippen LogP contribution is -2.46. The molecule has 2 amide bonds. The molecular weight excluding hydrogens is 292 g/mol. The second kappa shape index (κ2) is 6.60. The number of rotatable bonds is 4. The van der Waals surface area contributed by atoms with E-state index < -0.39 is 0 Å². The Morgan fingerprint density at radius 2 is 1.91 bits per heavy atom. The van der Waals surface area contributed by atoms with Crippen LogP contribution < -0.4 is 5.32 Å². The first-order chi connectivity index (χ1) is 11.1. The number of amides is 2. The number of hydrogen-bond donors (Lipinski definition) is 2. The molecule has 0 aromatic heterocycles. The molecule has 2 N–H and O–H groups in total. The van der Waals surface area contributed by atoms with Crippen LogP contribution in [0.3, 0.4) is 0 Å². The highest BCUT2D eigenvalue weighted by Gasteiger charge is 2.32. The molecule has 5 heteroatoms. The molecule has 1 heterocycles. The van der Waals surface area contributed by atoms with Crippen molar-refractivity contribution in [2.24, 2.45) is 5.92 Å². The molecule has 1 aliphatic heterocycles. The predicted octanol–water partition coefficient (Wildman–Crippen LogP) is 2.09. The van der Waals surface area contributed by atoms with Gasteiger partial charge in [0.05, 0.1) is 5.56 Å². The van der Waals surface area contributed by atoms with E-state index in [-0.39, 0.29) is 29.5 Å². The van der Waals surface area contributed by atoms with Crippen LogP contribution in [0.15, 0.2) is 18.2 Å². The Labute approximate surface area is 136 Å². The lowest BCUT2D eigenvalue weighted by Gasteiger charge is -2.32. The smallest absolute Gasteiger partial charge is 0.257 e. The highest BCUT2D eigenvalue weighted by Crippen LogP contribution is 2.29. The summed E-state index contributed by atoms with van der Waals surface area (Å²) < 4.78 is 0. The molecule has 3 rings (SSSR count). The number of carbonyl (C=O) groups excluding carboxylic acids is 2. The van der Waals surface area contributed by atoms with Crippen molar-refractivity contribution in [3.05, 3.63) is 29.3 Å². The van der Waals surface area contributed by atoms with E-state index in [9.17, 15) is 14.7 Å². The van der Waals surface area contributed by atoms with Crippen LogP contribution in [0, 0.1) is 5.92 Å². The van der Waals surface area contributed by atoms with E-state index in [2.05, 4.69) is 5.32 Å². The van der Waals surface area contributed by atoms with Gasteiger partial charge in [-0.3, -0.25) is 9.59 Å². The quantitative estimate of drug-likeness (QED) is 0.893. The molecule has 1 aromatic carbocycles. The Morgan fingerprint density at radius 1 is 1.22 bits per heavy atom. The van der Waals surface area contributed by atoms with Crippen molar-refractivity contribution in [2.75, 3.05) is 13.1 Å². The average Bonchev–Trinajstić information content (AvgIpc) is 3.40. The maximum atomic E-state index is 12.6. The number of nitrogens with zero attached hydrogens (tertiary/aromatic N) is 1. The third-order valence-electron chi connectivity index (χ3n) is 4.78. The molecule has 1 aromatic rings. The Hall–Kier alpha value is -2.04. The largest absolute Gasteiger partial charge is 0.507 e. The third kappa shape index (κ3) is 3.66. The Morgan fingerprint density at radius 3 is 2.52 bits per heavy atom. The Bertz CT molecular complexity index is 602. The monoisotopic (exact) mass is 316 g/mol. The number of likely N-dealkylation sites (tertiary alicyclic amines) is 1. The first kappa shape index (κ1) is 15.8. The summed E-state index contributed by atoms with van der Waals surface area (Å²) in [6.45, 7) is 3.25. The van der Waals surface area contributed by atoms with Gasteiger partial charge in [0, 0.05) is 25.0 Å². The summed E-state index contributed by atoms with van der Waals surface area (Å²) in [5, 5.41) is 13.0. The highest BCUT2D eigenvalue weighted by molar-refractivity contribution is 5.97. The number of hydrogen-bond acceptors (Lipinski definition) is 3. The zero-order chi connectivity index (χ0) is 16.4. The molecule has 1 aliphatic carbocycles. The molecule has 0 radical (unpaired) electrons. The fraction of sp³-hybridized carbons (Fsp3) is 0.556. The topological polar surface area (TPSA) is 69.6 Å². The van der Waals surface area contributed by atoms with E-state index in [0.29, 0.717) is 18.7 Å². The van der Waals surface area contributed by atoms with Gasteiger partial charge in [-0.15, -0.1) is 0 Å². The van der Waals surface area contributed by atoms with Crippen molar-refractivity contribution in [1.82, 2.24) is 10.2 Å². The zero-order valence-corrected chi connectivity index (χ0v) is 13.5. The lowest BCUT2D eigenvalue weighted by molar-refractivity contribution is -0.123. The SMILES string of the molecule is CCc1ccc(O)c(C(=O)N2CCC(NC(=O)C3CC3)CC2)c1. The number of carbonyl (C=O) groups is 2. The summed E-state index contributed by atoms with van der Waals surface area (Å²) in [5.41, 5.74) is 1.42. The minimum absolute atomic E-state index is 0.0383. The third-order valence-corrected chi connectivity index (χ3v) is 4.78. The van der Waals surface area contributed by atoms with Gasteiger partial charge in [0.25, 0.3) is 5.91 Å². The van der Waals surface area contributed by atoms with Gasteiger partial charge in [0.1, 0.15) is 5.75 Å². The van der Waals surface area contributed by atoms with Gasteiger partial charge < -0.3 is 15.3 Å². The van der Waals surface area contributed by atoms with E-state index in [0.717, 1.165) is 37.7 Å². The molecular formula is C18H24N2O3.